The van der Waals surface area contributed by atoms with Crippen molar-refractivity contribution in [2.75, 3.05) is 13.2 Å². The van der Waals surface area contributed by atoms with Crippen LogP contribution in [0, 0.1) is 11.9 Å². The highest BCUT2D eigenvalue weighted by atomic mass is 19.1. The Bertz CT molecular complexity index is 271. The molecule has 1 saturated heterocycles. The maximum absolute atomic E-state index is 12.6. The van der Waals surface area contributed by atoms with Crippen LogP contribution in [0.1, 0.15) is 0 Å². The molecule has 3 heteroatoms. The van der Waals surface area contributed by atoms with Gasteiger partial charge in [0.1, 0.15) is 24.3 Å². The van der Waals surface area contributed by atoms with Gasteiger partial charge in [-0.1, -0.05) is 0 Å². The average Bonchev–Trinajstić information content (AvgIpc) is 2.84. The summed E-state index contributed by atoms with van der Waals surface area (Å²) >= 11 is 0. The Hall–Kier alpha value is -1.09. The Morgan fingerprint density at radius 2 is 2.58 bits per heavy atom. The zero-order valence-electron chi connectivity index (χ0n) is 6.42. The van der Waals surface area contributed by atoms with Crippen molar-refractivity contribution in [3.63, 3.8) is 0 Å². The van der Waals surface area contributed by atoms with Crippen LogP contribution in [-0.2, 0) is 4.74 Å². The highest BCUT2D eigenvalue weighted by Crippen LogP contribution is 2.14. The molecule has 1 atom stereocenters. The maximum Gasteiger partial charge on any atom is 0.130 e. The number of benzene rings is 1. The smallest absolute Gasteiger partial charge is 0.130 e. The molecule has 0 unspecified atom stereocenters. The normalized spacial score (nSPS) is 20.6. The van der Waals surface area contributed by atoms with Gasteiger partial charge in [-0.2, -0.15) is 0 Å². The number of hydrogen-bond acceptors (Lipinski definition) is 2. The van der Waals surface area contributed by atoms with E-state index < -0.39 is 0 Å². The highest BCUT2D eigenvalue weighted by Gasteiger charge is 2.22. The first-order chi connectivity index (χ1) is 5.84. The minimum absolute atomic E-state index is 0.196. The van der Waals surface area contributed by atoms with Gasteiger partial charge in [0.15, 0.2) is 0 Å². The summed E-state index contributed by atoms with van der Waals surface area (Å²) in [7, 11) is 0. The van der Waals surface area contributed by atoms with E-state index in [1.54, 1.807) is 0 Å². The van der Waals surface area contributed by atoms with Crippen LogP contribution >= 0.6 is 0 Å². The quantitative estimate of drug-likeness (QED) is 0.635. The molecule has 0 N–H and O–H groups in total. The topological polar surface area (TPSA) is 21.8 Å². The van der Waals surface area contributed by atoms with E-state index in [0.717, 1.165) is 6.61 Å². The molecule has 2 nitrogen and oxygen atoms in total. The first-order valence-electron chi connectivity index (χ1n) is 3.76. The van der Waals surface area contributed by atoms with Gasteiger partial charge in [-0.05, 0) is 12.1 Å². The van der Waals surface area contributed by atoms with Crippen molar-refractivity contribution >= 4 is 0 Å². The largest absolute Gasteiger partial charge is 0.490 e. The molecule has 1 fully saturated rings. The van der Waals surface area contributed by atoms with Crippen LogP contribution in [0.2, 0.25) is 0 Å². The van der Waals surface area contributed by atoms with Gasteiger partial charge in [0.25, 0.3) is 0 Å². The van der Waals surface area contributed by atoms with E-state index in [0.29, 0.717) is 12.4 Å². The number of epoxide rings is 1. The molecule has 2 rings (SSSR count). The summed E-state index contributed by atoms with van der Waals surface area (Å²) in [6.45, 7) is 1.23. The fourth-order valence-corrected chi connectivity index (χ4v) is 0.849. The molecule has 1 aromatic carbocycles. The van der Waals surface area contributed by atoms with Crippen molar-refractivity contribution in [1.29, 1.82) is 0 Å². The molecule has 0 amide bonds. The van der Waals surface area contributed by atoms with E-state index in [2.05, 4.69) is 6.07 Å². The summed E-state index contributed by atoms with van der Waals surface area (Å²) in [5.74, 6) is 0.131. The van der Waals surface area contributed by atoms with E-state index >= 15 is 0 Å². The summed E-state index contributed by atoms with van der Waals surface area (Å²) < 4.78 is 22.7. The standard InChI is InChI=1S/C9H8FO2/c10-7-2-1-3-8(4-7)11-5-9-6-12-9/h1-2,4,9H,5-6H2/t9-/m1/s1. The van der Waals surface area contributed by atoms with Crippen LogP contribution in [0.4, 0.5) is 4.39 Å². The SMILES string of the molecule is Fc1cc[c]c(OC[C@@H]2CO2)c1. The van der Waals surface area contributed by atoms with Gasteiger partial charge in [-0.25, -0.2) is 4.39 Å². The van der Waals surface area contributed by atoms with Crippen molar-refractivity contribution < 1.29 is 13.9 Å². The van der Waals surface area contributed by atoms with Crippen molar-refractivity contribution in [3.05, 3.63) is 30.1 Å². The number of rotatable bonds is 3. The molecule has 0 spiro atoms. The lowest BCUT2D eigenvalue weighted by Gasteiger charge is -2.02. The minimum atomic E-state index is -0.305. The minimum Gasteiger partial charge on any atom is -0.490 e. The third-order valence-electron chi connectivity index (χ3n) is 1.56. The zero-order chi connectivity index (χ0) is 8.39. The van der Waals surface area contributed by atoms with Crippen LogP contribution in [0.15, 0.2) is 18.2 Å². The van der Waals surface area contributed by atoms with Gasteiger partial charge in [0, 0.05) is 12.1 Å². The molecule has 0 aliphatic carbocycles. The molecule has 12 heavy (non-hydrogen) atoms. The molecule has 0 saturated carbocycles. The zero-order valence-corrected chi connectivity index (χ0v) is 6.42. The first-order valence-corrected chi connectivity index (χ1v) is 3.76. The summed E-state index contributed by atoms with van der Waals surface area (Å²) in [6.07, 6.45) is 0.196. The molecule has 63 valence electrons. The monoisotopic (exact) mass is 167 g/mol. The van der Waals surface area contributed by atoms with Crippen LogP contribution in [0.5, 0.6) is 5.75 Å². The predicted octanol–water partition coefficient (Wildman–Crippen LogP) is 1.40. The second-order valence-corrected chi connectivity index (χ2v) is 2.64. The Morgan fingerprint density at radius 3 is 3.25 bits per heavy atom. The van der Waals surface area contributed by atoms with E-state index in [4.69, 9.17) is 9.47 Å². The molecular weight excluding hydrogens is 159 g/mol. The number of hydrogen-bond donors (Lipinski definition) is 0. The van der Waals surface area contributed by atoms with Crippen LogP contribution in [0.25, 0.3) is 0 Å². The molecule has 1 aromatic rings. The fraction of sp³-hybridized carbons (Fsp3) is 0.333. The lowest BCUT2D eigenvalue weighted by molar-refractivity contribution is 0.261. The van der Waals surface area contributed by atoms with Gasteiger partial charge in [0.2, 0.25) is 0 Å². The van der Waals surface area contributed by atoms with Crippen LogP contribution in [-0.4, -0.2) is 19.3 Å². The Morgan fingerprint density at radius 1 is 1.75 bits per heavy atom. The van der Waals surface area contributed by atoms with Crippen molar-refractivity contribution in [2.24, 2.45) is 0 Å². The highest BCUT2D eigenvalue weighted by molar-refractivity contribution is 5.20. The predicted molar refractivity (Wildman–Crippen MR) is 40.5 cm³/mol. The molecule has 1 heterocycles. The van der Waals surface area contributed by atoms with Gasteiger partial charge in [0.05, 0.1) is 6.61 Å². The van der Waals surface area contributed by atoms with Gasteiger partial charge in [-0.3, -0.25) is 0 Å². The van der Waals surface area contributed by atoms with E-state index in [9.17, 15) is 4.39 Å². The molecule has 0 bridgehead atoms. The summed E-state index contributed by atoms with van der Waals surface area (Å²) in [6, 6.07) is 6.91. The van der Waals surface area contributed by atoms with E-state index in [-0.39, 0.29) is 11.9 Å². The Balaban J connectivity index is 1.92. The summed E-state index contributed by atoms with van der Waals surface area (Å²) in [4.78, 5) is 0. The van der Waals surface area contributed by atoms with Gasteiger partial charge >= 0.3 is 0 Å². The molecule has 1 aliphatic rings. The lowest BCUT2D eigenvalue weighted by Crippen LogP contribution is -2.03. The van der Waals surface area contributed by atoms with E-state index in [1.807, 2.05) is 0 Å². The van der Waals surface area contributed by atoms with Crippen LogP contribution in [0.3, 0.4) is 0 Å². The molecular formula is C9H8FO2. The Kier molecular flexibility index (Phi) is 1.96. The molecule has 0 aromatic heterocycles. The summed E-state index contributed by atoms with van der Waals surface area (Å²) in [5.41, 5.74) is 0. The molecule has 1 aliphatic heterocycles. The van der Waals surface area contributed by atoms with Gasteiger partial charge in [-0.15, -0.1) is 0 Å². The second kappa shape index (κ2) is 3.11. The van der Waals surface area contributed by atoms with Crippen molar-refractivity contribution in [3.8, 4) is 5.75 Å². The summed E-state index contributed by atoms with van der Waals surface area (Å²) in [5, 5.41) is 0. The maximum atomic E-state index is 12.6. The number of halogens is 1. The average molecular weight is 167 g/mol. The van der Waals surface area contributed by atoms with E-state index in [1.165, 1.54) is 18.2 Å². The van der Waals surface area contributed by atoms with Crippen molar-refractivity contribution in [1.82, 2.24) is 0 Å². The number of ether oxygens (including phenoxy) is 2. The molecule has 1 radical (unpaired) electrons. The first kappa shape index (κ1) is 7.55. The Labute approximate surface area is 69.9 Å². The fourth-order valence-electron chi connectivity index (χ4n) is 0.849. The second-order valence-electron chi connectivity index (χ2n) is 2.64. The van der Waals surface area contributed by atoms with Crippen molar-refractivity contribution in [2.45, 2.75) is 6.10 Å². The lowest BCUT2D eigenvalue weighted by atomic mass is 10.3. The van der Waals surface area contributed by atoms with Crippen LogP contribution < -0.4 is 4.74 Å². The van der Waals surface area contributed by atoms with Gasteiger partial charge < -0.3 is 9.47 Å². The third-order valence-corrected chi connectivity index (χ3v) is 1.56. The third kappa shape index (κ3) is 1.95.